The average Bonchev–Trinajstić information content (AvgIpc) is 3.30. The molecule has 0 bridgehead atoms. The third-order valence-electron chi connectivity index (χ3n) is 4.83. The summed E-state index contributed by atoms with van der Waals surface area (Å²) in [5, 5.41) is 8.52. The summed E-state index contributed by atoms with van der Waals surface area (Å²) in [4.78, 5) is 14.5. The van der Waals surface area contributed by atoms with E-state index in [0.717, 1.165) is 36.4 Å². The summed E-state index contributed by atoms with van der Waals surface area (Å²) in [5.41, 5.74) is 2.42. The van der Waals surface area contributed by atoms with Gasteiger partial charge in [0.25, 0.3) is 0 Å². The van der Waals surface area contributed by atoms with Gasteiger partial charge < -0.3 is 0 Å². The molecular weight excluding hydrogens is 439 g/mol. The molecule has 0 saturated heterocycles. The molecule has 0 N–H and O–H groups in total. The van der Waals surface area contributed by atoms with Gasteiger partial charge in [-0.3, -0.25) is 4.68 Å². The molecule has 0 spiro atoms. The lowest BCUT2D eigenvalue weighted by Crippen LogP contribution is -2.10. The molecule has 154 valence electrons. The minimum Gasteiger partial charge on any atom is -0.260 e. The van der Waals surface area contributed by atoms with Crippen LogP contribution >= 0.6 is 22.9 Å². The van der Waals surface area contributed by atoms with Crippen LogP contribution in [0.4, 0.5) is 13.2 Å². The summed E-state index contributed by atoms with van der Waals surface area (Å²) in [6.45, 7) is 5.36. The zero-order valence-electron chi connectivity index (χ0n) is 15.9. The Morgan fingerprint density at radius 2 is 1.90 bits per heavy atom. The molecule has 0 aromatic carbocycles. The molecule has 0 unspecified atom stereocenters. The van der Waals surface area contributed by atoms with E-state index >= 15 is 0 Å². The molecule has 5 rings (SSSR count). The first-order chi connectivity index (χ1) is 14.1. The summed E-state index contributed by atoms with van der Waals surface area (Å²) in [6, 6.07) is 2.00. The van der Waals surface area contributed by atoms with Crippen LogP contribution in [0, 0.1) is 20.8 Å². The van der Waals surface area contributed by atoms with Crippen LogP contribution in [0.3, 0.4) is 0 Å². The number of nitrogens with zero attached hydrogens (tertiary/aromatic N) is 7. The Labute approximate surface area is 176 Å². The molecular formula is C18H13ClF3N7S. The number of aromatic nitrogens is 7. The van der Waals surface area contributed by atoms with Crippen molar-refractivity contribution in [2.45, 2.75) is 33.5 Å². The third kappa shape index (κ3) is 2.83. The fourth-order valence-corrected chi connectivity index (χ4v) is 4.94. The van der Waals surface area contributed by atoms with Gasteiger partial charge in [-0.15, -0.1) is 16.4 Å². The average molecular weight is 452 g/mol. The van der Waals surface area contributed by atoms with Crippen LogP contribution in [-0.2, 0) is 12.7 Å². The van der Waals surface area contributed by atoms with Crippen LogP contribution < -0.4 is 0 Å². The van der Waals surface area contributed by atoms with Crippen molar-refractivity contribution >= 4 is 49.0 Å². The predicted octanol–water partition coefficient (Wildman–Crippen LogP) is 4.73. The van der Waals surface area contributed by atoms with E-state index in [0.29, 0.717) is 11.5 Å². The van der Waals surface area contributed by atoms with E-state index in [1.54, 1.807) is 6.33 Å². The number of hydrogen-bond acceptors (Lipinski definition) is 6. The van der Waals surface area contributed by atoms with Crippen molar-refractivity contribution in [3.8, 4) is 0 Å². The van der Waals surface area contributed by atoms with Crippen LogP contribution in [0.25, 0.3) is 26.1 Å². The summed E-state index contributed by atoms with van der Waals surface area (Å²) in [5.74, 6) is 0.304. The van der Waals surface area contributed by atoms with Crippen molar-refractivity contribution in [1.82, 2.24) is 34.3 Å². The maximum absolute atomic E-state index is 13.1. The van der Waals surface area contributed by atoms with Crippen LogP contribution in [0.2, 0.25) is 5.02 Å². The molecule has 5 aromatic heterocycles. The second-order valence-corrected chi connectivity index (χ2v) is 8.36. The standard InChI is InChI=1S/C18H13ClF3N7S/c1-7-4-8(2)24-17-11(7)13-14(30-17)16-25-10(26-29(16)6-23-13)5-28-9(3)12(19)15(27-28)18(20,21)22/h4,6H,5H2,1-3H3. The first-order valence-electron chi connectivity index (χ1n) is 8.84. The quantitative estimate of drug-likeness (QED) is 0.388. The monoisotopic (exact) mass is 451 g/mol. The van der Waals surface area contributed by atoms with Gasteiger partial charge in [-0.05, 0) is 32.4 Å². The van der Waals surface area contributed by atoms with Gasteiger partial charge in [-0.25, -0.2) is 19.5 Å². The Kier molecular flexibility index (Phi) is 4.06. The van der Waals surface area contributed by atoms with E-state index < -0.39 is 16.9 Å². The van der Waals surface area contributed by atoms with Crippen LogP contribution in [0.5, 0.6) is 0 Å². The van der Waals surface area contributed by atoms with Gasteiger partial charge in [0.2, 0.25) is 0 Å². The molecule has 0 aliphatic carbocycles. The molecule has 0 fully saturated rings. The maximum Gasteiger partial charge on any atom is 0.436 e. The van der Waals surface area contributed by atoms with Gasteiger partial charge in [0, 0.05) is 11.1 Å². The van der Waals surface area contributed by atoms with E-state index in [9.17, 15) is 13.2 Å². The number of pyridine rings is 1. The van der Waals surface area contributed by atoms with Crippen molar-refractivity contribution in [3.05, 3.63) is 45.9 Å². The van der Waals surface area contributed by atoms with Crippen LogP contribution in [0.1, 0.15) is 28.5 Å². The van der Waals surface area contributed by atoms with Gasteiger partial charge in [0.1, 0.15) is 22.4 Å². The number of hydrogen-bond donors (Lipinski definition) is 0. The summed E-state index contributed by atoms with van der Waals surface area (Å²) >= 11 is 7.29. The number of thiophene rings is 1. The van der Waals surface area contributed by atoms with Crippen molar-refractivity contribution in [1.29, 1.82) is 0 Å². The number of alkyl halides is 3. The molecule has 0 atom stereocenters. The number of halogens is 4. The van der Waals surface area contributed by atoms with Gasteiger partial charge in [0.15, 0.2) is 17.2 Å². The maximum atomic E-state index is 13.1. The highest BCUT2D eigenvalue weighted by Gasteiger charge is 2.38. The van der Waals surface area contributed by atoms with Gasteiger partial charge in [0.05, 0.1) is 16.2 Å². The molecule has 0 radical (unpaired) electrons. The normalized spacial score (nSPS) is 12.6. The molecule has 0 saturated carbocycles. The lowest BCUT2D eigenvalue weighted by molar-refractivity contribution is -0.141. The smallest absolute Gasteiger partial charge is 0.260 e. The molecule has 5 heterocycles. The SMILES string of the molecule is Cc1cc(C)c2c(n1)sc1c2ncn2nc(Cn3nc(C(F)(F)F)c(Cl)c3C)nc12. The number of aryl methyl sites for hydroxylation is 2. The predicted molar refractivity (Wildman–Crippen MR) is 107 cm³/mol. The molecule has 7 nitrogen and oxygen atoms in total. The van der Waals surface area contributed by atoms with Crippen LogP contribution in [0.15, 0.2) is 12.4 Å². The summed E-state index contributed by atoms with van der Waals surface area (Å²) < 4.78 is 42.7. The fraction of sp³-hybridized carbons (Fsp3) is 0.278. The molecule has 0 aliphatic rings. The highest BCUT2D eigenvalue weighted by atomic mass is 35.5. The van der Waals surface area contributed by atoms with E-state index in [2.05, 4.69) is 25.1 Å². The van der Waals surface area contributed by atoms with Gasteiger partial charge in [-0.1, -0.05) is 11.6 Å². The largest absolute Gasteiger partial charge is 0.436 e. The van der Waals surface area contributed by atoms with Crippen LogP contribution in [-0.4, -0.2) is 34.3 Å². The van der Waals surface area contributed by atoms with Gasteiger partial charge >= 0.3 is 6.18 Å². The van der Waals surface area contributed by atoms with E-state index in [1.807, 2.05) is 19.9 Å². The van der Waals surface area contributed by atoms with Crippen molar-refractivity contribution in [3.63, 3.8) is 0 Å². The molecule has 12 heteroatoms. The molecule has 0 amide bonds. The summed E-state index contributed by atoms with van der Waals surface area (Å²) in [7, 11) is 0. The van der Waals surface area contributed by atoms with Crippen molar-refractivity contribution < 1.29 is 13.2 Å². The first kappa shape index (κ1) is 19.2. The van der Waals surface area contributed by atoms with E-state index in [4.69, 9.17) is 11.6 Å². The minimum atomic E-state index is -4.63. The first-order valence-corrected chi connectivity index (χ1v) is 10.0. The van der Waals surface area contributed by atoms with E-state index in [-0.39, 0.29) is 12.2 Å². The number of fused-ring (bicyclic) bond motifs is 5. The fourth-order valence-electron chi connectivity index (χ4n) is 3.47. The minimum absolute atomic E-state index is 0.0495. The Balaban J connectivity index is 1.64. The second-order valence-electron chi connectivity index (χ2n) is 6.98. The molecule has 30 heavy (non-hydrogen) atoms. The van der Waals surface area contributed by atoms with Crippen molar-refractivity contribution in [2.75, 3.05) is 0 Å². The highest BCUT2D eigenvalue weighted by molar-refractivity contribution is 7.26. The second kappa shape index (κ2) is 6.35. The Morgan fingerprint density at radius 1 is 1.13 bits per heavy atom. The molecule has 5 aromatic rings. The Morgan fingerprint density at radius 3 is 2.60 bits per heavy atom. The Hall–Kier alpha value is -2.79. The Bertz CT molecular complexity index is 1460. The molecule has 0 aliphatic heterocycles. The topological polar surface area (TPSA) is 73.8 Å². The zero-order valence-corrected chi connectivity index (χ0v) is 17.5. The summed E-state index contributed by atoms with van der Waals surface area (Å²) in [6.07, 6.45) is -3.08. The van der Waals surface area contributed by atoms with Gasteiger partial charge in [-0.2, -0.15) is 18.3 Å². The lowest BCUT2D eigenvalue weighted by Gasteiger charge is -2.01. The van der Waals surface area contributed by atoms with E-state index in [1.165, 1.54) is 22.8 Å². The lowest BCUT2D eigenvalue weighted by atomic mass is 10.1. The highest BCUT2D eigenvalue weighted by Crippen LogP contribution is 2.36. The number of rotatable bonds is 2. The van der Waals surface area contributed by atoms with Crippen molar-refractivity contribution in [2.24, 2.45) is 0 Å². The third-order valence-corrected chi connectivity index (χ3v) is 6.35. The zero-order chi connectivity index (χ0) is 21.4.